The first-order valence-electron chi connectivity index (χ1n) is 4.10. The van der Waals surface area contributed by atoms with Gasteiger partial charge in [0.25, 0.3) is 0 Å². The smallest absolute Gasteiger partial charge is 0.0755 e. The van der Waals surface area contributed by atoms with E-state index in [2.05, 4.69) is 34.6 Å². The van der Waals surface area contributed by atoms with Gasteiger partial charge in [0, 0.05) is 19.3 Å². The largest absolute Gasteiger partial charge is 0.396 e. The average Bonchev–Trinajstić information content (AvgIpc) is 2.43. The lowest BCUT2D eigenvalue weighted by Gasteiger charge is -1.96. The van der Waals surface area contributed by atoms with Gasteiger partial charge in [0.15, 0.2) is 0 Å². The molecular weight excluding hydrogens is 267 g/mol. The predicted octanol–water partition coefficient (Wildman–Crippen LogP) is 1.43. The van der Waals surface area contributed by atoms with Crippen molar-refractivity contribution in [1.82, 2.24) is 9.78 Å². The van der Waals surface area contributed by atoms with Crippen molar-refractivity contribution in [2.24, 2.45) is 0 Å². The molecule has 3 nitrogen and oxygen atoms in total. The van der Waals surface area contributed by atoms with E-state index in [1.54, 1.807) is 0 Å². The minimum Gasteiger partial charge on any atom is -0.396 e. The highest BCUT2D eigenvalue weighted by Gasteiger charge is 2.02. The van der Waals surface area contributed by atoms with Crippen molar-refractivity contribution in [3.05, 3.63) is 15.5 Å². The van der Waals surface area contributed by atoms with Crippen molar-refractivity contribution in [3.8, 4) is 0 Å². The van der Waals surface area contributed by atoms with Crippen molar-refractivity contribution < 1.29 is 5.11 Å². The van der Waals surface area contributed by atoms with Crippen LogP contribution in [0.1, 0.15) is 19.0 Å². The molecule has 0 aliphatic rings. The Morgan fingerprint density at radius 2 is 2.42 bits per heavy atom. The van der Waals surface area contributed by atoms with Gasteiger partial charge in [-0.25, -0.2) is 0 Å². The van der Waals surface area contributed by atoms with E-state index < -0.39 is 0 Å². The molecule has 1 aromatic heterocycles. The normalized spacial score (nSPS) is 10.6. The lowest BCUT2D eigenvalue weighted by atomic mass is 10.3. The summed E-state index contributed by atoms with van der Waals surface area (Å²) in [5.74, 6) is 0. The Balaban J connectivity index is 2.62. The van der Waals surface area contributed by atoms with E-state index in [0.29, 0.717) is 0 Å². The molecule has 1 rings (SSSR count). The first-order valence-corrected chi connectivity index (χ1v) is 5.18. The van der Waals surface area contributed by atoms with Gasteiger partial charge in [0.2, 0.25) is 0 Å². The number of nitrogens with zero attached hydrogens (tertiary/aromatic N) is 2. The van der Waals surface area contributed by atoms with Gasteiger partial charge in [-0.05, 0) is 35.4 Å². The fourth-order valence-corrected chi connectivity index (χ4v) is 1.83. The van der Waals surface area contributed by atoms with E-state index in [0.717, 1.165) is 25.1 Å². The maximum atomic E-state index is 8.62. The zero-order valence-corrected chi connectivity index (χ0v) is 9.28. The summed E-state index contributed by atoms with van der Waals surface area (Å²) in [4.78, 5) is 0. The molecule has 0 aromatic carbocycles. The number of halogens is 1. The third-order valence-electron chi connectivity index (χ3n) is 1.67. The molecule has 0 spiro atoms. The minimum absolute atomic E-state index is 0.234. The van der Waals surface area contributed by atoms with Crippen molar-refractivity contribution >= 4 is 22.6 Å². The van der Waals surface area contributed by atoms with E-state index in [-0.39, 0.29) is 6.61 Å². The second-order valence-electron chi connectivity index (χ2n) is 2.62. The highest BCUT2D eigenvalue weighted by atomic mass is 127. The summed E-state index contributed by atoms with van der Waals surface area (Å²) in [7, 11) is 0. The van der Waals surface area contributed by atoms with Crippen LogP contribution in [0.2, 0.25) is 0 Å². The molecular formula is C8H13IN2O. The van der Waals surface area contributed by atoms with Crippen molar-refractivity contribution in [2.75, 3.05) is 6.61 Å². The number of aliphatic hydroxyl groups excluding tert-OH is 1. The molecule has 0 fully saturated rings. The molecule has 0 saturated carbocycles. The van der Waals surface area contributed by atoms with E-state index in [4.69, 9.17) is 5.11 Å². The Labute approximate surface area is 85.9 Å². The molecule has 0 aliphatic heterocycles. The Morgan fingerprint density at radius 1 is 1.67 bits per heavy atom. The van der Waals surface area contributed by atoms with Crippen LogP contribution in [-0.4, -0.2) is 21.5 Å². The lowest BCUT2D eigenvalue weighted by Crippen LogP contribution is -2.00. The number of hydrogen-bond acceptors (Lipinski definition) is 2. The third-order valence-corrected chi connectivity index (χ3v) is 2.57. The number of hydrogen-bond donors (Lipinski definition) is 1. The molecule has 0 amide bonds. The van der Waals surface area contributed by atoms with Crippen LogP contribution >= 0.6 is 22.6 Å². The maximum Gasteiger partial charge on any atom is 0.0755 e. The first-order chi connectivity index (χ1) is 5.77. The van der Waals surface area contributed by atoms with Crippen LogP contribution < -0.4 is 0 Å². The highest BCUT2D eigenvalue weighted by molar-refractivity contribution is 14.1. The molecule has 0 atom stereocenters. The van der Waals surface area contributed by atoms with Crippen LogP contribution in [0.4, 0.5) is 0 Å². The number of rotatable bonds is 4. The van der Waals surface area contributed by atoms with Crippen molar-refractivity contribution in [2.45, 2.75) is 26.3 Å². The molecule has 4 heteroatoms. The number of aromatic nitrogens is 2. The fraction of sp³-hybridized carbons (Fsp3) is 0.625. The molecule has 0 aliphatic carbocycles. The van der Waals surface area contributed by atoms with Gasteiger partial charge in [-0.1, -0.05) is 6.92 Å². The van der Waals surface area contributed by atoms with E-state index >= 15 is 0 Å². The van der Waals surface area contributed by atoms with Gasteiger partial charge >= 0.3 is 0 Å². The topological polar surface area (TPSA) is 38.0 Å². The molecule has 1 heterocycles. The molecule has 0 bridgehead atoms. The number of aliphatic hydroxyl groups is 1. The molecule has 1 N–H and O–H groups in total. The Morgan fingerprint density at radius 3 is 2.92 bits per heavy atom. The lowest BCUT2D eigenvalue weighted by molar-refractivity contribution is 0.277. The molecule has 12 heavy (non-hydrogen) atoms. The number of aryl methyl sites for hydroxylation is 2. The van der Waals surface area contributed by atoms with Crippen LogP contribution in [0, 0.1) is 3.57 Å². The van der Waals surface area contributed by atoms with Crippen LogP contribution in [-0.2, 0) is 13.0 Å². The Hall–Kier alpha value is -0.100. The van der Waals surface area contributed by atoms with Crippen LogP contribution in [0.25, 0.3) is 0 Å². The standard InChI is InChI=1S/C8H13IN2O/c1-2-8-7(9)6-11(10-8)4-3-5-12/h6,12H,2-5H2,1H3. The minimum atomic E-state index is 0.234. The van der Waals surface area contributed by atoms with Gasteiger partial charge in [-0.2, -0.15) is 5.10 Å². The van der Waals surface area contributed by atoms with Gasteiger partial charge in [-0.3, -0.25) is 4.68 Å². The summed E-state index contributed by atoms with van der Waals surface area (Å²) >= 11 is 2.29. The van der Waals surface area contributed by atoms with Gasteiger partial charge in [-0.15, -0.1) is 0 Å². The third kappa shape index (κ3) is 2.45. The summed E-state index contributed by atoms with van der Waals surface area (Å²) in [5.41, 5.74) is 1.15. The van der Waals surface area contributed by atoms with Gasteiger partial charge in [0.1, 0.15) is 0 Å². The van der Waals surface area contributed by atoms with Gasteiger partial charge < -0.3 is 5.11 Å². The monoisotopic (exact) mass is 280 g/mol. The molecule has 0 unspecified atom stereocenters. The van der Waals surface area contributed by atoms with Crippen LogP contribution in [0.15, 0.2) is 6.20 Å². The highest BCUT2D eigenvalue weighted by Crippen LogP contribution is 2.10. The molecule has 1 aromatic rings. The predicted molar refractivity (Wildman–Crippen MR) is 56.0 cm³/mol. The van der Waals surface area contributed by atoms with E-state index in [9.17, 15) is 0 Å². The summed E-state index contributed by atoms with van der Waals surface area (Å²) in [6.45, 7) is 3.14. The zero-order valence-electron chi connectivity index (χ0n) is 7.13. The van der Waals surface area contributed by atoms with Crippen molar-refractivity contribution in [1.29, 1.82) is 0 Å². The van der Waals surface area contributed by atoms with Crippen LogP contribution in [0.5, 0.6) is 0 Å². The second-order valence-corrected chi connectivity index (χ2v) is 3.78. The Kier molecular flexibility index (Phi) is 4.00. The average molecular weight is 280 g/mol. The summed E-state index contributed by atoms with van der Waals surface area (Å²) in [6, 6.07) is 0. The molecule has 0 radical (unpaired) electrons. The first kappa shape index (κ1) is 9.98. The Bertz CT molecular complexity index is 247. The molecule has 0 saturated heterocycles. The van der Waals surface area contributed by atoms with E-state index in [1.165, 1.54) is 3.57 Å². The second kappa shape index (κ2) is 4.81. The summed E-state index contributed by atoms with van der Waals surface area (Å²) in [5, 5.41) is 13.0. The summed E-state index contributed by atoms with van der Waals surface area (Å²) < 4.78 is 3.12. The fourth-order valence-electron chi connectivity index (χ4n) is 1.02. The quantitative estimate of drug-likeness (QED) is 0.847. The zero-order chi connectivity index (χ0) is 8.97. The van der Waals surface area contributed by atoms with Crippen molar-refractivity contribution in [3.63, 3.8) is 0 Å². The van der Waals surface area contributed by atoms with Crippen LogP contribution in [0.3, 0.4) is 0 Å². The van der Waals surface area contributed by atoms with Gasteiger partial charge in [0.05, 0.1) is 9.26 Å². The molecule has 68 valence electrons. The SMILES string of the molecule is CCc1nn(CCCO)cc1I. The maximum absolute atomic E-state index is 8.62. The summed E-state index contributed by atoms with van der Waals surface area (Å²) in [6.07, 6.45) is 3.78. The van der Waals surface area contributed by atoms with E-state index in [1.807, 2.05) is 10.9 Å².